The summed E-state index contributed by atoms with van der Waals surface area (Å²) in [5, 5.41) is 2.75. The number of nitrogens with zero attached hydrogens (tertiary/aromatic N) is 1. The van der Waals surface area contributed by atoms with E-state index in [1.807, 2.05) is 72.8 Å². The zero-order valence-corrected chi connectivity index (χ0v) is 16.4. The Morgan fingerprint density at radius 1 is 1.07 bits per heavy atom. The molecule has 0 heterocycles. The molecule has 0 spiro atoms. The Hall–Kier alpha value is -2.92. The normalized spacial score (nSPS) is 10.7. The van der Waals surface area contributed by atoms with E-state index in [1.165, 1.54) is 6.92 Å². The van der Waals surface area contributed by atoms with Gasteiger partial charge in [0.25, 0.3) is 0 Å². The van der Waals surface area contributed by atoms with E-state index in [4.69, 9.17) is 4.74 Å². The van der Waals surface area contributed by atoms with Gasteiger partial charge in [-0.15, -0.1) is 0 Å². The molecule has 3 rings (SSSR count). The van der Waals surface area contributed by atoms with Crippen molar-refractivity contribution in [1.29, 1.82) is 0 Å². The lowest BCUT2D eigenvalue weighted by molar-refractivity contribution is -0.114. The highest BCUT2D eigenvalue weighted by atomic mass is 79.9. The molecule has 0 aliphatic rings. The van der Waals surface area contributed by atoms with Crippen molar-refractivity contribution in [2.45, 2.75) is 13.5 Å². The van der Waals surface area contributed by atoms with Crippen LogP contribution in [0.1, 0.15) is 18.1 Å². The van der Waals surface area contributed by atoms with Gasteiger partial charge in [-0.2, -0.15) is 0 Å². The van der Waals surface area contributed by atoms with E-state index in [0.717, 1.165) is 32.7 Å². The summed E-state index contributed by atoms with van der Waals surface area (Å²) in [5.41, 5.74) is 3.58. The number of halogens is 1. The second-order valence-electron chi connectivity index (χ2n) is 5.98. The van der Waals surface area contributed by atoms with Crippen LogP contribution in [0.25, 0.3) is 0 Å². The smallest absolute Gasteiger partial charge is 0.221 e. The number of nitrogens with one attached hydrogen (secondary N) is 1. The number of amides is 1. The third-order valence-corrected chi connectivity index (χ3v) is 4.20. The Balaban J connectivity index is 1.60. The third-order valence-electron chi connectivity index (χ3n) is 3.70. The van der Waals surface area contributed by atoms with Crippen LogP contribution in [0.4, 0.5) is 11.4 Å². The van der Waals surface area contributed by atoms with Crippen LogP contribution in [0.15, 0.2) is 82.3 Å². The van der Waals surface area contributed by atoms with Crippen LogP contribution < -0.4 is 10.1 Å². The van der Waals surface area contributed by atoms with Crippen molar-refractivity contribution in [3.05, 3.63) is 88.4 Å². The van der Waals surface area contributed by atoms with Crippen molar-refractivity contribution >= 4 is 39.4 Å². The number of hydrogen-bond donors (Lipinski definition) is 1. The van der Waals surface area contributed by atoms with E-state index in [-0.39, 0.29) is 5.91 Å². The van der Waals surface area contributed by atoms with Gasteiger partial charge in [-0.05, 0) is 65.7 Å². The molecule has 4 nitrogen and oxygen atoms in total. The van der Waals surface area contributed by atoms with Crippen molar-refractivity contribution in [2.24, 2.45) is 4.99 Å². The summed E-state index contributed by atoms with van der Waals surface area (Å²) < 4.78 is 6.85. The zero-order chi connectivity index (χ0) is 19.1. The van der Waals surface area contributed by atoms with E-state index in [9.17, 15) is 4.79 Å². The molecular formula is C22H19BrN2O2. The Morgan fingerprint density at radius 2 is 1.85 bits per heavy atom. The largest absolute Gasteiger partial charge is 0.489 e. The third kappa shape index (κ3) is 6.08. The van der Waals surface area contributed by atoms with Crippen molar-refractivity contribution in [2.75, 3.05) is 5.32 Å². The molecule has 0 aromatic heterocycles. The van der Waals surface area contributed by atoms with E-state index >= 15 is 0 Å². The number of rotatable bonds is 6. The van der Waals surface area contributed by atoms with Crippen molar-refractivity contribution in [3.63, 3.8) is 0 Å². The van der Waals surface area contributed by atoms with E-state index in [1.54, 1.807) is 6.21 Å². The fraction of sp³-hybridized carbons (Fsp3) is 0.0909. The summed E-state index contributed by atoms with van der Waals surface area (Å²) in [4.78, 5) is 15.6. The number of benzene rings is 3. The molecule has 27 heavy (non-hydrogen) atoms. The number of hydrogen-bond acceptors (Lipinski definition) is 3. The van der Waals surface area contributed by atoms with E-state index in [2.05, 4.69) is 26.2 Å². The van der Waals surface area contributed by atoms with Gasteiger partial charge in [0.2, 0.25) is 5.91 Å². The fourth-order valence-electron chi connectivity index (χ4n) is 2.46. The highest BCUT2D eigenvalue weighted by Crippen LogP contribution is 2.19. The maximum atomic E-state index is 11.1. The first kappa shape index (κ1) is 18.9. The molecule has 1 amide bonds. The monoisotopic (exact) mass is 422 g/mol. The molecular weight excluding hydrogens is 404 g/mol. The molecule has 0 saturated carbocycles. The van der Waals surface area contributed by atoms with Crippen LogP contribution in [0, 0.1) is 0 Å². The van der Waals surface area contributed by atoms with Crippen molar-refractivity contribution in [1.82, 2.24) is 0 Å². The number of anilines is 1. The van der Waals surface area contributed by atoms with Gasteiger partial charge in [0.1, 0.15) is 12.4 Å². The van der Waals surface area contributed by atoms with E-state index < -0.39 is 0 Å². The lowest BCUT2D eigenvalue weighted by Gasteiger charge is -2.07. The van der Waals surface area contributed by atoms with Crippen LogP contribution in [0.5, 0.6) is 5.75 Å². The number of ether oxygens (including phenoxy) is 1. The molecule has 0 aliphatic carbocycles. The van der Waals surface area contributed by atoms with Gasteiger partial charge in [-0.3, -0.25) is 9.79 Å². The van der Waals surface area contributed by atoms with Gasteiger partial charge >= 0.3 is 0 Å². The summed E-state index contributed by atoms with van der Waals surface area (Å²) in [6.07, 6.45) is 1.78. The van der Waals surface area contributed by atoms with Crippen molar-refractivity contribution < 1.29 is 9.53 Å². The summed E-state index contributed by atoms with van der Waals surface area (Å²) in [6, 6.07) is 23.2. The predicted molar refractivity (Wildman–Crippen MR) is 113 cm³/mol. The molecule has 5 heteroatoms. The Morgan fingerprint density at radius 3 is 2.59 bits per heavy atom. The number of aliphatic imine (C=N–C) groups is 1. The molecule has 0 fully saturated rings. The van der Waals surface area contributed by atoms with Gasteiger partial charge in [0.15, 0.2) is 0 Å². The molecule has 3 aromatic rings. The Bertz CT molecular complexity index is 953. The Kier molecular flexibility index (Phi) is 6.39. The van der Waals surface area contributed by atoms with Crippen molar-refractivity contribution in [3.8, 4) is 5.75 Å². The molecule has 0 unspecified atom stereocenters. The zero-order valence-electron chi connectivity index (χ0n) is 14.9. The average Bonchev–Trinajstić information content (AvgIpc) is 2.65. The number of carbonyl (C=O) groups excluding carboxylic acids is 1. The fourth-order valence-corrected chi connectivity index (χ4v) is 2.91. The first-order valence-electron chi connectivity index (χ1n) is 8.47. The van der Waals surface area contributed by atoms with Gasteiger partial charge in [0, 0.05) is 23.3 Å². The minimum absolute atomic E-state index is 0.102. The van der Waals surface area contributed by atoms with Gasteiger partial charge in [0.05, 0.1) is 5.69 Å². The van der Waals surface area contributed by atoms with Crippen LogP contribution in [-0.4, -0.2) is 12.1 Å². The molecule has 0 atom stereocenters. The van der Waals surface area contributed by atoms with Gasteiger partial charge in [-0.25, -0.2) is 0 Å². The van der Waals surface area contributed by atoms with E-state index in [0.29, 0.717) is 6.61 Å². The van der Waals surface area contributed by atoms with Crippen LogP contribution in [0.3, 0.4) is 0 Å². The summed E-state index contributed by atoms with van der Waals surface area (Å²) in [5.74, 6) is 0.703. The topological polar surface area (TPSA) is 50.7 Å². The van der Waals surface area contributed by atoms with Gasteiger partial charge < -0.3 is 10.1 Å². The lowest BCUT2D eigenvalue weighted by Crippen LogP contribution is -2.05. The lowest BCUT2D eigenvalue weighted by atomic mass is 10.2. The van der Waals surface area contributed by atoms with Crippen LogP contribution in [-0.2, 0) is 11.4 Å². The molecule has 0 saturated heterocycles. The van der Waals surface area contributed by atoms with Gasteiger partial charge in [-0.1, -0.05) is 34.1 Å². The highest BCUT2D eigenvalue weighted by Gasteiger charge is 1.99. The summed E-state index contributed by atoms with van der Waals surface area (Å²) in [7, 11) is 0. The predicted octanol–water partition coefficient (Wildman–Crippen LogP) is 5.74. The maximum absolute atomic E-state index is 11.1. The molecule has 0 bridgehead atoms. The summed E-state index contributed by atoms with van der Waals surface area (Å²) >= 11 is 3.46. The maximum Gasteiger partial charge on any atom is 0.221 e. The number of carbonyl (C=O) groups is 1. The second-order valence-corrected chi connectivity index (χ2v) is 6.89. The average molecular weight is 423 g/mol. The highest BCUT2D eigenvalue weighted by molar-refractivity contribution is 9.10. The second kappa shape index (κ2) is 9.14. The molecule has 1 N–H and O–H groups in total. The van der Waals surface area contributed by atoms with Crippen LogP contribution >= 0.6 is 15.9 Å². The first-order chi connectivity index (χ1) is 13.1. The SMILES string of the molecule is CC(=O)Nc1cccc(N=Cc2ccc(OCc3cccc(Br)c3)cc2)c1. The molecule has 0 radical (unpaired) electrons. The van der Waals surface area contributed by atoms with Crippen LogP contribution in [0.2, 0.25) is 0 Å². The minimum atomic E-state index is -0.102. The molecule has 3 aromatic carbocycles. The first-order valence-corrected chi connectivity index (χ1v) is 9.27. The standard InChI is InChI=1S/C22H19BrN2O2/c1-16(26)25-21-7-3-6-20(13-21)24-14-17-8-10-22(11-9-17)27-15-18-4-2-5-19(23)12-18/h2-14H,15H2,1H3,(H,25,26). The Labute approximate surface area is 167 Å². The molecule has 136 valence electrons. The molecule has 0 aliphatic heterocycles. The minimum Gasteiger partial charge on any atom is -0.489 e. The quantitative estimate of drug-likeness (QED) is 0.515. The summed E-state index contributed by atoms with van der Waals surface area (Å²) in [6.45, 7) is 2.00.